The van der Waals surface area contributed by atoms with Gasteiger partial charge in [0.05, 0.1) is 0 Å². The molecule has 2 fully saturated rings. The summed E-state index contributed by atoms with van der Waals surface area (Å²) in [6.45, 7) is 6.64. The lowest BCUT2D eigenvalue weighted by Crippen LogP contribution is -2.52. The molecule has 0 N–H and O–H groups in total. The molecule has 0 aliphatic carbocycles. The molecule has 0 spiro atoms. The molecule has 1 nitrogen and oxygen atoms in total. The Bertz CT molecular complexity index is 162. The molecule has 2 saturated heterocycles. The van der Waals surface area contributed by atoms with E-state index in [1.807, 2.05) is 0 Å². The van der Waals surface area contributed by atoms with Crippen LogP contribution in [0.3, 0.4) is 0 Å². The Morgan fingerprint density at radius 2 is 1.58 bits per heavy atom. The van der Waals surface area contributed by atoms with Gasteiger partial charge in [-0.3, -0.25) is 4.90 Å². The highest BCUT2D eigenvalue weighted by Gasteiger charge is 2.37. The normalized spacial score (nSPS) is 29.3. The lowest BCUT2D eigenvalue weighted by atomic mass is 9.79. The van der Waals surface area contributed by atoms with Crippen LogP contribution in [0, 0.1) is 0 Å². The van der Waals surface area contributed by atoms with Crippen molar-refractivity contribution < 1.29 is 0 Å². The zero-order chi connectivity index (χ0) is 8.44. The van der Waals surface area contributed by atoms with E-state index in [9.17, 15) is 0 Å². The predicted molar refractivity (Wildman–Crippen MR) is 52.2 cm³/mol. The average molecular weight is 165 g/mol. The standard InChI is InChI=1S/C11H19N/c1-2-11-7-3-5-9-12(11)10-6-4-8-11/h2H,1,3-10H2. The molecule has 2 aliphatic rings. The van der Waals surface area contributed by atoms with E-state index in [0.29, 0.717) is 5.54 Å². The number of piperidine rings is 2. The molecule has 0 aromatic rings. The number of hydrogen-bond acceptors (Lipinski definition) is 1. The fourth-order valence-electron chi connectivity index (χ4n) is 2.80. The first-order chi connectivity index (χ1) is 5.87. The number of hydrogen-bond donors (Lipinski definition) is 0. The van der Waals surface area contributed by atoms with Gasteiger partial charge < -0.3 is 0 Å². The lowest BCUT2D eigenvalue weighted by Gasteiger charge is -2.48. The Hall–Kier alpha value is -0.300. The van der Waals surface area contributed by atoms with Crippen LogP contribution < -0.4 is 0 Å². The highest BCUT2D eigenvalue weighted by Crippen LogP contribution is 2.36. The topological polar surface area (TPSA) is 3.24 Å². The van der Waals surface area contributed by atoms with Crippen LogP contribution in [0.4, 0.5) is 0 Å². The second kappa shape index (κ2) is 3.21. The minimum Gasteiger partial charge on any atom is -0.294 e. The first-order valence-electron chi connectivity index (χ1n) is 5.26. The Morgan fingerprint density at radius 3 is 2.00 bits per heavy atom. The van der Waals surface area contributed by atoms with Gasteiger partial charge in [-0.2, -0.15) is 0 Å². The van der Waals surface area contributed by atoms with Crippen molar-refractivity contribution in [3.05, 3.63) is 12.7 Å². The van der Waals surface area contributed by atoms with Crippen molar-refractivity contribution in [1.82, 2.24) is 4.90 Å². The van der Waals surface area contributed by atoms with Gasteiger partial charge in [-0.15, -0.1) is 6.58 Å². The maximum absolute atomic E-state index is 4.02. The van der Waals surface area contributed by atoms with Crippen LogP contribution in [-0.4, -0.2) is 23.5 Å². The van der Waals surface area contributed by atoms with Gasteiger partial charge in [-0.25, -0.2) is 0 Å². The summed E-state index contributed by atoms with van der Waals surface area (Å²) in [6, 6.07) is 0. The summed E-state index contributed by atoms with van der Waals surface area (Å²) in [6.07, 6.45) is 10.5. The van der Waals surface area contributed by atoms with Gasteiger partial charge in [-0.1, -0.05) is 18.9 Å². The van der Waals surface area contributed by atoms with Gasteiger partial charge in [0, 0.05) is 5.54 Å². The van der Waals surface area contributed by atoms with Gasteiger partial charge in [0.2, 0.25) is 0 Å². The summed E-state index contributed by atoms with van der Waals surface area (Å²) in [7, 11) is 0. The monoisotopic (exact) mass is 165 g/mol. The minimum absolute atomic E-state index is 0.413. The van der Waals surface area contributed by atoms with Crippen LogP contribution in [0.1, 0.15) is 38.5 Å². The van der Waals surface area contributed by atoms with Crippen molar-refractivity contribution in [2.24, 2.45) is 0 Å². The maximum atomic E-state index is 4.02. The number of fused-ring (bicyclic) bond motifs is 1. The van der Waals surface area contributed by atoms with E-state index in [1.54, 1.807) is 0 Å². The molecule has 0 radical (unpaired) electrons. The lowest BCUT2D eigenvalue weighted by molar-refractivity contribution is 0.0496. The van der Waals surface area contributed by atoms with Crippen molar-refractivity contribution in [3.8, 4) is 0 Å². The molecule has 0 unspecified atom stereocenters. The zero-order valence-corrected chi connectivity index (χ0v) is 7.89. The van der Waals surface area contributed by atoms with E-state index >= 15 is 0 Å². The Morgan fingerprint density at radius 1 is 1.00 bits per heavy atom. The number of nitrogens with zero attached hydrogens (tertiary/aromatic N) is 1. The van der Waals surface area contributed by atoms with Crippen LogP contribution in [0.15, 0.2) is 12.7 Å². The highest BCUT2D eigenvalue weighted by molar-refractivity contribution is 5.07. The molecule has 0 saturated carbocycles. The van der Waals surface area contributed by atoms with Gasteiger partial charge in [0.1, 0.15) is 0 Å². The summed E-state index contributed by atoms with van der Waals surface area (Å²) in [5.41, 5.74) is 0.413. The van der Waals surface area contributed by atoms with Crippen LogP contribution in [0.25, 0.3) is 0 Å². The molecular formula is C11H19N. The molecule has 2 rings (SSSR count). The molecule has 68 valence electrons. The van der Waals surface area contributed by atoms with E-state index in [4.69, 9.17) is 0 Å². The van der Waals surface area contributed by atoms with Gasteiger partial charge >= 0.3 is 0 Å². The summed E-state index contributed by atoms with van der Waals surface area (Å²) in [4.78, 5) is 2.66. The van der Waals surface area contributed by atoms with Crippen LogP contribution in [-0.2, 0) is 0 Å². The highest BCUT2D eigenvalue weighted by atomic mass is 15.2. The fourth-order valence-corrected chi connectivity index (χ4v) is 2.80. The second-order valence-corrected chi connectivity index (χ2v) is 4.21. The third kappa shape index (κ3) is 1.20. The Kier molecular flexibility index (Phi) is 2.22. The largest absolute Gasteiger partial charge is 0.294 e. The zero-order valence-electron chi connectivity index (χ0n) is 7.89. The van der Waals surface area contributed by atoms with E-state index in [2.05, 4.69) is 17.6 Å². The van der Waals surface area contributed by atoms with Gasteiger partial charge in [-0.05, 0) is 38.8 Å². The first kappa shape index (κ1) is 8.31. The predicted octanol–water partition coefficient (Wildman–Crippen LogP) is 2.58. The van der Waals surface area contributed by atoms with E-state index in [0.717, 1.165) is 0 Å². The third-order valence-electron chi connectivity index (χ3n) is 3.59. The third-order valence-corrected chi connectivity index (χ3v) is 3.59. The van der Waals surface area contributed by atoms with Crippen LogP contribution >= 0.6 is 0 Å². The van der Waals surface area contributed by atoms with Gasteiger partial charge in [0.25, 0.3) is 0 Å². The summed E-state index contributed by atoms with van der Waals surface area (Å²) >= 11 is 0. The van der Waals surface area contributed by atoms with Crippen molar-refractivity contribution in [2.45, 2.75) is 44.1 Å². The molecule has 0 aromatic carbocycles. The average Bonchev–Trinajstić information content (AvgIpc) is 2.18. The van der Waals surface area contributed by atoms with Crippen LogP contribution in [0.5, 0.6) is 0 Å². The second-order valence-electron chi connectivity index (χ2n) is 4.21. The summed E-state index contributed by atoms with van der Waals surface area (Å²) < 4.78 is 0. The van der Waals surface area contributed by atoms with E-state index in [-0.39, 0.29) is 0 Å². The van der Waals surface area contributed by atoms with Crippen LogP contribution in [0.2, 0.25) is 0 Å². The minimum atomic E-state index is 0.413. The van der Waals surface area contributed by atoms with Gasteiger partial charge in [0.15, 0.2) is 0 Å². The Balaban J connectivity index is 2.15. The molecule has 0 atom stereocenters. The summed E-state index contributed by atoms with van der Waals surface area (Å²) in [5.74, 6) is 0. The molecule has 12 heavy (non-hydrogen) atoms. The molecule has 1 heteroatoms. The molecule has 2 heterocycles. The fraction of sp³-hybridized carbons (Fsp3) is 0.818. The molecule has 2 aliphatic heterocycles. The molecule has 0 bridgehead atoms. The molecular weight excluding hydrogens is 146 g/mol. The first-order valence-corrected chi connectivity index (χ1v) is 5.26. The van der Waals surface area contributed by atoms with Crippen molar-refractivity contribution in [1.29, 1.82) is 0 Å². The Labute approximate surface area is 75.4 Å². The van der Waals surface area contributed by atoms with Crippen molar-refractivity contribution >= 4 is 0 Å². The summed E-state index contributed by atoms with van der Waals surface area (Å²) in [5, 5.41) is 0. The van der Waals surface area contributed by atoms with E-state index in [1.165, 1.54) is 51.6 Å². The van der Waals surface area contributed by atoms with E-state index < -0.39 is 0 Å². The number of rotatable bonds is 1. The molecule has 0 aromatic heterocycles. The smallest absolute Gasteiger partial charge is 0.0388 e. The van der Waals surface area contributed by atoms with Crippen molar-refractivity contribution in [3.63, 3.8) is 0 Å². The molecule has 0 amide bonds. The maximum Gasteiger partial charge on any atom is 0.0388 e. The van der Waals surface area contributed by atoms with Crippen molar-refractivity contribution in [2.75, 3.05) is 13.1 Å². The quantitative estimate of drug-likeness (QED) is 0.540. The SMILES string of the molecule is C=CC12CCCCN1CCCC2.